The molecule has 3 rings (SSSR count). The minimum atomic E-state index is -0.210. The van der Waals surface area contributed by atoms with Crippen LogP contribution in [0.2, 0.25) is 0 Å². The quantitative estimate of drug-likeness (QED) is 0.855. The first-order chi connectivity index (χ1) is 9.84. The molecule has 2 unspecified atom stereocenters. The van der Waals surface area contributed by atoms with Crippen LogP contribution in [-0.2, 0) is 11.2 Å². The number of benzene rings is 1. The fourth-order valence-electron chi connectivity index (χ4n) is 3.34. The Hall–Kier alpha value is -1.25. The van der Waals surface area contributed by atoms with Crippen LogP contribution in [0.5, 0.6) is 0 Å². The molecule has 0 spiro atoms. The molecular weight excluding hydrogens is 307 g/mol. The summed E-state index contributed by atoms with van der Waals surface area (Å²) in [4.78, 5) is 12.7. The number of rotatable bonds is 3. The molecule has 2 nitrogen and oxygen atoms in total. The summed E-state index contributed by atoms with van der Waals surface area (Å²) in [5.41, 5.74) is 1.79. The number of fused-ring (bicyclic) bond motifs is 1. The van der Waals surface area contributed by atoms with Gasteiger partial charge in [-0.25, -0.2) is 0 Å². The molecule has 0 radical (unpaired) electrons. The third kappa shape index (κ3) is 2.31. The van der Waals surface area contributed by atoms with Gasteiger partial charge in [0.2, 0.25) is 0 Å². The molecule has 0 heterocycles. The van der Waals surface area contributed by atoms with Crippen molar-refractivity contribution in [2.24, 2.45) is 17.3 Å². The van der Waals surface area contributed by atoms with Crippen LogP contribution < -0.4 is 5.11 Å². The monoisotopic (exact) mass is 321 g/mol. The van der Waals surface area contributed by atoms with Gasteiger partial charge in [0.15, 0.2) is 5.78 Å². The molecule has 0 aromatic heterocycles. The van der Waals surface area contributed by atoms with Gasteiger partial charge in [0.1, 0.15) is 4.49 Å². The number of halogens is 2. The van der Waals surface area contributed by atoms with Gasteiger partial charge < -0.3 is 5.11 Å². The molecule has 0 aliphatic heterocycles. The lowest BCUT2D eigenvalue weighted by Gasteiger charge is -2.12. The van der Waals surface area contributed by atoms with Gasteiger partial charge in [0.25, 0.3) is 0 Å². The summed E-state index contributed by atoms with van der Waals surface area (Å²) in [6, 6.07) is 7.39. The molecule has 2 atom stereocenters. The second-order valence-electron chi connectivity index (χ2n) is 6.29. The van der Waals surface area contributed by atoms with Gasteiger partial charge in [-0.2, -0.15) is 0 Å². The Balaban J connectivity index is 1.89. The van der Waals surface area contributed by atoms with Crippen molar-refractivity contribution in [2.45, 2.75) is 20.3 Å². The minimum Gasteiger partial charge on any atom is -0.872 e. The van der Waals surface area contributed by atoms with E-state index in [9.17, 15) is 9.90 Å². The zero-order valence-electron chi connectivity index (χ0n) is 11.8. The van der Waals surface area contributed by atoms with Crippen LogP contribution in [0.15, 0.2) is 40.4 Å². The van der Waals surface area contributed by atoms with Gasteiger partial charge >= 0.3 is 0 Å². The number of allylic oxidation sites excluding steroid dienone is 2. The Kier molecular flexibility index (Phi) is 3.42. The van der Waals surface area contributed by atoms with E-state index in [-0.39, 0.29) is 33.3 Å². The Bertz CT molecular complexity index is 682. The molecular formula is C17H15Cl2O2-. The van der Waals surface area contributed by atoms with E-state index in [0.717, 1.165) is 5.56 Å². The van der Waals surface area contributed by atoms with Gasteiger partial charge in [-0.15, -0.1) is 0 Å². The highest BCUT2D eigenvalue weighted by atomic mass is 35.5. The molecule has 2 aliphatic rings. The van der Waals surface area contributed by atoms with Gasteiger partial charge in [-0.1, -0.05) is 67.1 Å². The molecule has 1 aromatic rings. The summed E-state index contributed by atoms with van der Waals surface area (Å²) in [7, 11) is 0. The highest BCUT2D eigenvalue weighted by Crippen LogP contribution is 2.61. The average Bonchev–Trinajstić information content (AvgIpc) is 2.78. The maximum Gasteiger partial charge on any atom is 0.162 e. The van der Waals surface area contributed by atoms with Crippen LogP contribution in [0, 0.1) is 17.3 Å². The molecule has 0 amide bonds. The van der Waals surface area contributed by atoms with E-state index in [1.54, 1.807) is 12.1 Å². The number of hydrogen-bond donors (Lipinski definition) is 0. The van der Waals surface area contributed by atoms with Gasteiger partial charge in [0, 0.05) is 12.3 Å². The van der Waals surface area contributed by atoms with Crippen molar-refractivity contribution in [1.82, 2.24) is 0 Å². The van der Waals surface area contributed by atoms with E-state index in [0.29, 0.717) is 17.6 Å². The second-order valence-corrected chi connectivity index (χ2v) is 7.29. The zero-order valence-corrected chi connectivity index (χ0v) is 13.3. The van der Waals surface area contributed by atoms with E-state index >= 15 is 0 Å². The Morgan fingerprint density at radius 1 is 1.33 bits per heavy atom. The summed E-state index contributed by atoms with van der Waals surface area (Å²) >= 11 is 11.4. The molecule has 1 saturated carbocycles. The van der Waals surface area contributed by atoms with Crippen molar-refractivity contribution in [2.75, 3.05) is 0 Å². The SMILES string of the molecule is CC1(C)C(C=C(Cl)Cl)C1C(=O)C1=C([O-])c2ccccc2C1. The predicted octanol–water partition coefficient (Wildman–Crippen LogP) is 3.47. The van der Waals surface area contributed by atoms with Crippen LogP contribution in [0.3, 0.4) is 0 Å². The molecule has 2 aliphatic carbocycles. The molecule has 0 bridgehead atoms. The summed E-state index contributed by atoms with van der Waals surface area (Å²) in [6.07, 6.45) is 2.14. The second kappa shape index (κ2) is 4.89. The lowest BCUT2D eigenvalue weighted by Crippen LogP contribution is -2.14. The van der Waals surface area contributed by atoms with Gasteiger partial charge in [-0.05, 0) is 34.1 Å². The fourth-order valence-corrected chi connectivity index (χ4v) is 3.61. The highest BCUT2D eigenvalue weighted by molar-refractivity contribution is 6.55. The molecule has 1 fully saturated rings. The topological polar surface area (TPSA) is 40.1 Å². The molecule has 21 heavy (non-hydrogen) atoms. The van der Waals surface area contributed by atoms with Crippen LogP contribution in [-0.4, -0.2) is 5.78 Å². The van der Waals surface area contributed by atoms with Gasteiger partial charge in [0.05, 0.1) is 0 Å². The Morgan fingerprint density at radius 2 is 2.00 bits per heavy atom. The molecule has 0 N–H and O–H groups in total. The van der Waals surface area contributed by atoms with E-state index in [1.165, 1.54) is 0 Å². The van der Waals surface area contributed by atoms with E-state index in [1.807, 2.05) is 32.0 Å². The maximum absolute atomic E-state index is 12.7. The van der Waals surface area contributed by atoms with E-state index in [2.05, 4.69) is 0 Å². The van der Waals surface area contributed by atoms with Crippen LogP contribution in [0.25, 0.3) is 5.76 Å². The Morgan fingerprint density at radius 3 is 2.62 bits per heavy atom. The molecule has 4 heteroatoms. The summed E-state index contributed by atoms with van der Waals surface area (Å²) in [6.45, 7) is 4.00. The number of carbonyl (C=O) groups excluding carboxylic acids is 1. The lowest BCUT2D eigenvalue weighted by molar-refractivity contribution is -0.244. The van der Waals surface area contributed by atoms with Crippen LogP contribution in [0.1, 0.15) is 25.0 Å². The maximum atomic E-state index is 12.7. The third-order valence-electron chi connectivity index (χ3n) is 4.70. The molecule has 1 aromatic carbocycles. The largest absolute Gasteiger partial charge is 0.872 e. The lowest BCUT2D eigenvalue weighted by atomic mass is 10.00. The standard InChI is InChI=1S/C17H16Cl2O2/c1-17(2)12(8-13(18)19)14(17)16(21)11-7-9-5-3-4-6-10(9)15(11)20/h3-6,8,12,14,20H,7H2,1-2H3/p-1. The van der Waals surface area contributed by atoms with E-state index in [4.69, 9.17) is 23.2 Å². The number of ketones is 1. The first kappa shape index (κ1) is 14.7. The zero-order chi connectivity index (χ0) is 15.4. The van der Waals surface area contributed by atoms with E-state index < -0.39 is 0 Å². The Labute approximate surface area is 134 Å². The number of Topliss-reactive ketones (excluding diaryl/α,β-unsaturated/α-hetero) is 1. The van der Waals surface area contributed by atoms with Crippen molar-refractivity contribution in [3.63, 3.8) is 0 Å². The first-order valence-corrected chi connectivity index (χ1v) is 7.65. The van der Waals surface area contributed by atoms with Crippen molar-refractivity contribution < 1.29 is 9.90 Å². The third-order valence-corrected chi connectivity index (χ3v) is 4.95. The normalized spacial score (nSPS) is 25.5. The molecule has 0 saturated heterocycles. The van der Waals surface area contributed by atoms with Crippen molar-refractivity contribution in [3.8, 4) is 0 Å². The van der Waals surface area contributed by atoms with Crippen LogP contribution >= 0.6 is 23.2 Å². The molecule has 110 valence electrons. The summed E-state index contributed by atoms with van der Waals surface area (Å²) in [5, 5.41) is 12.4. The average molecular weight is 322 g/mol. The summed E-state index contributed by atoms with van der Waals surface area (Å²) in [5.74, 6) is -0.396. The number of carbonyl (C=O) groups is 1. The first-order valence-electron chi connectivity index (χ1n) is 6.89. The van der Waals surface area contributed by atoms with Crippen molar-refractivity contribution in [3.05, 3.63) is 51.5 Å². The highest BCUT2D eigenvalue weighted by Gasteiger charge is 2.60. The smallest absolute Gasteiger partial charge is 0.162 e. The van der Waals surface area contributed by atoms with Gasteiger partial charge in [-0.3, -0.25) is 4.79 Å². The van der Waals surface area contributed by atoms with Crippen molar-refractivity contribution >= 4 is 34.7 Å². The predicted molar refractivity (Wildman–Crippen MR) is 82.6 cm³/mol. The fraction of sp³-hybridized carbons (Fsp3) is 0.353. The summed E-state index contributed by atoms with van der Waals surface area (Å²) < 4.78 is 0.175. The minimum absolute atomic E-state index is 0.000915. The number of hydrogen-bond acceptors (Lipinski definition) is 2. The van der Waals surface area contributed by atoms with Crippen molar-refractivity contribution in [1.29, 1.82) is 0 Å². The van der Waals surface area contributed by atoms with Crippen LogP contribution in [0.4, 0.5) is 0 Å².